The molecule has 0 unspecified atom stereocenters. The largest absolute Gasteiger partial charge is 0.240 e. The van der Waals surface area contributed by atoms with Crippen LogP contribution in [0.5, 0.6) is 0 Å². The summed E-state index contributed by atoms with van der Waals surface area (Å²) in [5.74, 6) is -0.261. The molecular weight excluding hydrogens is 357 g/mol. The Labute approximate surface area is 159 Å². The molecule has 5 rings (SSSR count). The Balaban J connectivity index is 1.72. The van der Waals surface area contributed by atoms with Gasteiger partial charge >= 0.3 is 0 Å². The summed E-state index contributed by atoms with van der Waals surface area (Å²) in [4.78, 5) is 4.78. The van der Waals surface area contributed by atoms with Crippen LogP contribution in [-0.2, 0) is 0 Å². The van der Waals surface area contributed by atoms with Crippen LogP contribution in [0.15, 0.2) is 85.1 Å². The van der Waals surface area contributed by atoms with Gasteiger partial charge in [0.2, 0.25) is 0 Å². The SMILES string of the molecule is Fc1ccc(-c2nn(-c3ccccc3)cc2-c2nc3ccccc3s2)cc1. The summed E-state index contributed by atoms with van der Waals surface area (Å²) in [6.07, 6.45) is 1.99. The fraction of sp³-hybridized carbons (Fsp3) is 0. The van der Waals surface area contributed by atoms with Gasteiger partial charge in [-0.15, -0.1) is 11.3 Å². The molecule has 0 spiro atoms. The molecule has 2 heterocycles. The van der Waals surface area contributed by atoms with Gasteiger partial charge in [0.05, 0.1) is 21.5 Å². The third-order valence-corrected chi connectivity index (χ3v) is 5.45. The van der Waals surface area contributed by atoms with Crippen LogP contribution >= 0.6 is 11.3 Å². The molecule has 27 heavy (non-hydrogen) atoms. The predicted octanol–water partition coefficient (Wildman–Crippen LogP) is 5.96. The van der Waals surface area contributed by atoms with Gasteiger partial charge in [0.1, 0.15) is 16.5 Å². The lowest BCUT2D eigenvalue weighted by Gasteiger charge is -2.00. The predicted molar refractivity (Wildman–Crippen MR) is 108 cm³/mol. The molecule has 0 atom stereocenters. The molecule has 0 saturated heterocycles. The zero-order valence-corrected chi connectivity index (χ0v) is 15.0. The molecule has 0 aliphatic heterocycles. The van der Waals surface area contributed by atoms with E-state index in [0.717, 1.165) is 37.7 Å². The Kier molecular flexibility index (Phi) is 3.80. The van der Waals surface area contributed by atoms with Crippen molar-refractivity contribution in [3.05, 3.63) is 90.9 Å². The summed E-state index contributed by atoms with van der Waals surface area (Å²) < 4.78 is 16.4. The molecule has 3 aromatic carbocycles. The average molecular weight is 371 g/mol. The highest BCUT2D eigenvalue weighted by molar-refractivity contribution is 7.21. The first-order valence-corrected chi connectivity index (χ1v) is 9.36. The molecule has 0 bridgehead atoms. The van der Waals surface area contributed by atoms with Crippen molar-refractivity contribution in [2.24, 2.45) is 0 Å². The first-order valence-electron chi connectivity index (χ1n) is 8.55. The maximum absolute atomic E-state index is 13.4. The summed E-state index contributed by atoms with van der Waals surface area (Å²) in [6, 6.07) is 24.4. The van der Waals surface area contributed by atoms with E-state index in [1.807, 2.05) is 59.4 Å². The van der Waals surface area contributed by atoms with E-state index in [2.05, 4.69) is 6.07 Å². The quantitative estimate of drug-likeness (QED) is 0.392. The summed E-state index contributed by atoms with van der Waals surface area (Å²) in [5, 5.41) is 5.69. The van der Waals surface area contributed by atoms with Crippen LogP contribution in [0.25, 0.3) is 37.7 Å². The number of rotatable bonds is 3. The molecule has 0 saturated carbocycles. The topological polar surface area (TPSA) is 30.7 Å². The Hall–Kier alpha value is -3.31. The van der Waals surface area contributed by atoms with E-state index < -0.39 is 0 Å². The van der Waals surface area contributed by atoms with Crippen LogP contribution in [0.2, 0.25) is 0 Å². The van der Waals surface area contributed by atoms with Crippen molar-refractivity contribution >= 4 is 21.6 Å². The van der Waals surface area contributed by atoms with E-state index in [9.17, 15) is 4.39 Å². The Morgan fingerprint density at radius 2 is 1.56 bits per heavy atom. The van der Waals surface area contributed by atoms with E-state index in [-0.39, 0.29) is 5.82 Å². The number of hydrogen-bond acceptors (Lipinski definition) is 3. The van der Waals surface area contributed by atoms with Gasteiger partial charge in [0.25, 0.3) is 0 Å². The van der Waals surface area contributed by atoms with Gasteiger partial charge in [0, 0.05) is 11.8 Å². The maximum Gasteiger partial charge on any atom is 0.128 e. The molecular formula is C22H14FN3S. The van der Waals surface area contributed by atoms with E-state index in [4.69, 9.17) is 10.1 Å². The van der Waals surface area contributed by atoms with E-state index >= 15 is 0 Å². The highest BCUT2D eigenvalue weighted by Crippen LogP contribution is 2.36. The van der Waals surface area contributed by atoms with Gasteiger partial charge in [-0.05, 0) is 48.5 Å². The first kappa shape index (κ1) is 15.9. The molecule has 5 aromatic rings. The monoisotopic (exact) mass is 371 g/mol. The van der Waals surface area contributed by atoms with Crippen molar-refractivity contribution in [1.29, 1.82) is 0 Å². The van der Waals surface area contributed by atoms with E-state index in [1.165, 1.54) is 12.1 Å². The third kappa shape index (κ3) is 2.92. The summed E-state index contributed by atoms with van der Waals surface area (Å²) in [7, 11) is 0. The van der Waals surface area contributed by atoms with Crippen LogP contribution in [0.1, 0.15) is 0 Å². The third-order valence-electron chi connectivity index (χ3n) is 4.38. The fourth-order valence-electron chi connectivity index (χ4n) is 3.05. The van der Waals surface area contributed by atoms with Crippen molar-refractivity contribution < 1.29 is 4.39 Å². The second kappa shape index (κ2) is 6.45. The molecule has 0 aliphatic carbocycles. The van der Waals surface area contributed by atoms with Crippen molar-refractivity contribution in [1.82, 2.24) is 14.8 Å². The van der Waals surface area contributed by atoms with Gasteiger partial charge in [0.15, 0.2) is 0 Å². The molecule has 3 nitrogen and oxygen atoms in total. The van der Waals surface area contributed by atoms with Crippen LogP contribution < -0.4 is 0 Å². The minimum atomic E-state index is -0.261. The number of para-hydroxylation sites is 2. The lowest BCUT2D eigenvalue weighted by atomic mass is 10.1. The Morgan fingerprint density at radius 3 is 2.33 bits per heavy atom. The second-order valence-corrected chi connectivity index (χ2v) is 7.20. The second-order valence-electron chi connectivity index (χ2n) is 6.17. The van der Waals surface area contributed by atoms with Crippen LogP contribution in [0, 0.1) is 5.82 Å². The number of nitrogens with zero attached hydrogens (tertiary/aromatic N) is 3. The number of benzene rings is 3. The van der Waals surface area contributed by atoms with Crippen molar-refractivity contribution in [2.75, 3.05) is 0 Å². The van der Waals surface area contributed by atoms with Crippen molar-refractivity contribution in [3.8, 4) is 27.5 Å². The molecule has 2 aromatic heterocycles. The molecule has 0 N–H and O–H groups in total. The van der Waals surface area contributed by atoms with Gasteiger partial charge in [-0.25, -0.2) is 14.1 Å². The van der Waals surface area contributed by atoms with Crippen molar-refractivity contribution in [2.45, 2.75) is 0 Å². The van der Waals surface area contributed by atoms with Crippen LogP contribution in [0.4, 0.5) is 4.39 Å². The number of thiazole rings is 1. The summed E-state index contributed by atoms with van der Waals surface area (Å²) in [5.41, 5.74) is 4.52. The van der Waals surface area contributed by atoms with Crippen molar-refractivity contribution in [3.63, 3.8) is 0 Å². The smallest absolute Gasteiger partial charge is 0.128 e. The minimum absolute atomic E-state index is 0.261. The molecule has 0 amide bonds. The normalized spacial score (nSPS) is 11.1. The number of hydrogen-bond donors (Lipinski definition) is 0. The summed E-state index contributed by atoms with van der Waals surface area (Å²) >= 11 is 1.63. The Morgan fingerprint density at radius 1 is 0.815 bits per heavy atom. The van der Waals surface area contributed by atoms with Crippen LogP contribution in [-0.4, -0.2) is 14.8 Å². The highest BCUT2D eigenvalue weighted by atomic mass is 32.1. The Bertz CT molecular complexity index is 1190. The zero-order chi connectivity index (χ0) is 18.2. The molecule has 0 radical (unpaired) electrons. The first-order chi connectivity index (χ1) is 13.3. The molecule has 130 valence electrons. The van der Waals surface area contributed by atoms with Gasteiger partial charge in [-0.1, -0.05) is 30.3 Å². The van der Waals surface area contributed by atoms with E-state index in [0.29, 0.717) is 0 Å². The lowest BCUT2D eigenvalue weighted by molar-refractivity contribution is 0.628. The molecule has 0 fully saturated rings. The number of aromatic nitrogens is 3. The van der Waals surface area contributed by atoms with Gasteiger partial charge in [-0.3, -0.25) is 0 Å². The fourth-order valence-corrected chi connectivity index (χ4v) is 4.03. The zero-order valence-electron chi connectivity index (χ0n) is 14.2. The van der Waals surface area contributed by atoms with Crippen LogP contribution in [0.3, 0.4) is 0 Å². The number of halogens is 1. The van der Waals surface area contributed by atoms with Gasteiger partial charge in [-0.2, -0.15) is 5.10 Å². The van der Waals surface area contributed by atoms with E-state index in [1.54, 1.807) is 23.5 Å². The average Bonchev–Trinajstić information content (AvgIpc) is 3.33. The highest BCUT2D eigenvalue weighted by Gasteiger charge is 2.17. The summed E-state index contributed by atoms with van der Waals surface area (Å²) in [6.45, 7) is 0. The molecule has 5 heteroatoms. The molecule has 0 aliphatic rings. The minimum Gasteiger partial charge on any atom is -0.240 e. The van der Waals surface area contributed by atoms with Gasteiger partial charge < -0.3 is 0 Å². The number of fused-ring (bicyclic) bond motifs is 1. The standard InChI is InChI=1S/C22H14FN3S/c23-16-12-10-15(11-13-16)21-18(14-26(25-21)17-6-2-1-3-7-17)22-24-19-8-4-5-9-20(19)27-22/h1-14H. The maximum atomic E-state index is 13.4. The lowest BCUT2D eigenvalue weighted by Crippen LogP contribution is -1.94.